The molecule has 2 nitrogen and oxygen atoms in total. The van der Waals surface area contributed by atoms with Crippen molar-refractivity contribution in [3.63, 3.8) is 0 Å². The summed E-state index contributed by atoms with van der Waals surface area (Å²) in [6.07, 6.45) is 5.96. The number of alkyl halides is 1. The first-order valence-electron chi connectivity index (χ1n) is 4.39. The maximum absolute atomic E-state index is 5.82. The SMILES string of the molecule is Cn1cc(CCl)c(C2CCC2)n1. The first kappa shape index (κ1) is 8.11. The van der Waals surface area contributed by atoms with Crippen molar-refractivity contribution in [3.8, 4) is 0 Å². The summed E-state index contributed by atoms with van der Waals surface area (Å²) in [6, 6.07) is 0. The highest BCUT2D eigenvalue weighted by molar-refractivity contribution is 6.17. The number of rotatable bonds is 2. The lowest BCUT2D eigenvalue weighted by Gasteiger charge is -2.24. The summed E-state index contributed by atoms with van der Waals surface area (Å²) in [5, 5.41) is 4.44. The fourth-order valence-corrected chi connectivity index (χ4v) is 1.89. The van der Waals surface area contributed by atoms with Crippen LogP contribution in [0.4, 0.5) is 0 Å². The number of aromatic nitrogens is 2. The topological polar surface area (TPSA) is 17.8 Å². The molecule has 12 heavy (non-hydrogen) atoms. The molecule has 0 aliphatic heterocycles. The van der Waals surface area contributed by atoms with Crippen molar-refractivity contribution < 1.29 is 0 Å². The van der Waals surface area contributed by atoms with E-state index in [1.807, 2.05) is 17.9 Å². The van der Waals surface area contributed by atoms with Gasteiger partial charge in [0.2, 0.25) is 0 Å². The largest absolute Gasteiger partial charge is 0.275 e. The van der Waals surface area contributed by atoms with Gasteiger partial charge >= 0.3 is 0 Å². The van der Waals surface area contributed by atoms with E-state index in [2.05, 4.69) is 5.10 Å². The summed E-state index contributed by atoms with van der Waals surface area (Å²) in [7, 11) is 1.96. The van der Waals surface area contributed by atoms with Crippen LogP contribution in [0, 0.1) is 0 Å². The minimum Gasteiger partial charge on any atom is -0.275 e. The predicted molar refractivity (Wildman–Crippen MR) is 49.4 cm³/mol. The zero-order chi connectivity index (χ0) is 8.55. The average Bonchev–Trinajstić information content (AvgIpc) is 2.27. The molecule has 0 spiro atoms. The van der Waals surface area contributed by atoms with Gasteiger partial charge in [0.25, 0.3) is 0 Å². The standard InChI is InChI=1S/C9H13ClN2/c1-12-6-8(5-10)9(11-12)7-3-2-4-7/h6-7H,2-5H2,1H3. The zero-order valence-corrected chi connectivity index (χ0v) is 8.01. The van der Waals surface area contributed by atoms with Crippen molar-refractivity contribution >= 4 is 11.6 Å². The second-order valence-electron chi connectivity index (χ2n) is 3.47. The van der Waals surface area contributed by atoms with Gasteiger partial charge in [0.15, 0.2) is 0 Å². The van der Waals surface area contributed by atoms with Crippen molar-refractivity contribution in [1.82, 2.24) is 9.78 Å². The van der Waals surface area contributed by atoms with Crippen molar-refractivity contribution in [2.45, 2.75) is 31.1 Å². The predicted octanol–water partition coefficient (Wildman–Crippen LogP) is 2.43. The van der Waals surface area contributed by atoms with E-state index in [1.54, 1.807) is 0 Å². The van der Waals surface area contributed by atoms with Crippen LogP contribution in [0.2, 0.25) is 0 Å². The van der Waals surface area contributed by atoms with E-state index in [9.17, 15) is 0 Å². The molecule has 0 N–H and O–H groups in total. The monoisotopic (exact) mass is 184 g/mol. The van der Waals surface area contributed by atoms with Crippen LogP contribution < -0.4 is 0 Å². The average molecular weight is 185 g/mol. The number of hydrogen-bond donors (Lipinski definition) is 0. The Hall–Kier alpha value is -0.500. The van der Waals surface area contributed by atoms with Gasteiger partial charge < -0.3 is 0 Å². The Morgan fingerprint density at radius 1 is 1.67 bits per heavy atom. The van der Waals surface area contributed by atoms with E-state index < -0.39 is 0 Å². The van der Waals surface area contributed by atoms with Gasteiger partial charge in [0, 0.05) is 24.7 Å². The smallest absolute Gasteiger partial charge is 0.0699 e. The molecule has 0 unspecified atom stereocenters. The molecule has 1 fully saturated rings. The van der Waals surface area contributed by atoms with Gasteiger partial charge in [-0.15, -0.1) is 11.6 Å². The molecule has 66 valence electrons. The van der Waals surface area contributed by atoms with Crippen LogP contribution in [0.1, 0.15) is 36.4 Å². The molecule has 0 amide bonds. The fourth-order valence-electron chi connectivity index (χ4n) is 1.68. The third-order valence-corrected chi connectivity index (χ3v) is 2.86. The molecular weight excluding hydrogens is 172 g/mol. The van der Waals surface area contributed by atoms with E-state index >= 15 is 0 Å². The van der Waals surface area contributed by atoms with Gasteiger partial charge in [-0.1, -0.05) is 6.42 Å². The lowest BCUT2D eigenvalue weighted by atomic mass is 9.82. The van der Waals surface area contributed by atoms with E-state index in [1.165, 1.54) is 30.5 Å². The van der Waals surface area contributed by atoms with Crippen LogP contribution in [0.15, 0.2) is 6.20 Å². The van der Waals surface area contributed by atoms with Gasteiger partial charge in [-0.25, -0.2) is 0 Å². The first-order chi connectivity index (χ1) is 5.81. The second kappa shape index (κ2) is 3.09. The number of nitrogens with zero attached hydrogens (tertiary/aromatic N) is 2. The van der Waals surface area contributed by atoms with E-state index in [4.69, 9.17) is 11.6 Å². The van der Waals surface area contributed by atoms with Crippen LogP contribution >= 0.6 is 11.6 Å². The molecule has 1 aromatic rings. The maximum atomic E-state index is 5.82. The normalized spacial score (nSPS) is 17.8. The fraction of sp³-hybridized carbons (Fsp3) is 0.667. The Balaban J connectivity index is 2.27. The summed E-state index contributed by atoms with van der Waals surface area (Å²) in [5.74, 6) is 1.29. The highest BCUT2D eigenvalue weighted by atomic mass is 35.5. The minimum atomic E-state index is 0.597. The van der Waals surface area contributed by atoms with Gasteiger partial charge in [0.1, 0.15) is 0 Å². The molecule has 0 bridgehead atoms. The van der Waals surface area contributed by atoms with E-state index in [0.717, 1.165) is 0 Å². The third-order valence-electron chi connectivity index (χ3n) is 2.57. The Bertz CT molecular complexity index is 276. The molecule has 1 aliphatic rings. The van der Waals surface area contributed by atoms with E-state index in [-0.39, 0.29) is 0 Å². The molecule has 1 aliphatic carbocycles. The first-order valence-corrected chi connectivity index (χ1v) is 4.93. The van der Waals surface area contributed by atoms with Crippen molar-refractivity contribution in [2.24, 2.45) is 7.05 Å². The molecule has 0 atom stereocenters. The molecule has 1 heterocycles. The Morgan fingerprint density at radius 3 is 2.92 bits per heavy atom. The van der Waals surface area contributed by atoms with Gasteiger partial charge in [0.05, 0.1) is 11.6 Å². The zero-order valence-electron chi connectivity index (χ0n) is 7.26. The molecule has 0 saturated heterocycles. The van der Waals surface area contributed by atoms with Crippen LogP contribution in [0.5, 0.6) is 0 Å². The summed E-state index contributed by atoms with van der Waals surface area (Å²) in [6.45, 7) is 0. The van der Waals surface area contributed by atoms with Crippen molar-refractivity contribution in [3.05, 3.63) is 17.5 Å². The summed E-state index contributed by atoms with van der Waals surface area (Å²) >= 11 is 5.82. The lowest BCUT2D eigenvalue weighted by Crippen LogP contribution is -2.11. The molecule has 0 aromatic carbocycles. The van der Waals surface area contributed by atoms with Crippen LogP contribution in [-0.2, 0) is 12.9 Å². The van der Waals surface area contributed by atoms with Crippen molar-refractivity contribution in [2.75, 3.05) is 0 Å². The Labute approximate surface area is 77.5 Å². The molecule has 3 heteroatoms. The number of hydrogen-bond acceptors (Lipinski definition) is 1. The summed E-state index contributed by atoms with van der Waals surface area (Å²) < 4.78 is 1.87. The molecule has 1 aromatic heterocycles. The minimum absolute atomic E-state index is 0.597. The third kappa shape index (κ3) is 1.24. The molecule has 0 radical (unpaired) electrons. The van der Waals surface area contributed by atoms with Gasteiger partial charge in [-0.3, -0.25) is 4.68 Å². The van der Waals surface area contributed by atoms with Crippen LogP contribution in [-0.4, -0.2) is 9.78 Å². The molecule has 2 rings (SSSR count). The lowest BCUT2D eigenvalue weighted by molar-refractivity contribution is 0.406. The summed E-state index contributed by atoms with van der Waals surface area (Å²) in [5.41, 5.74) is 2.45. The van der Waals surface area contributed by atoms with Crippen LogP contribution in [0.3, 0.4) is 0 Å². The Kier molecular flexibility index (Phi) is 2.09. The highest BCUT2D eigenvalue weighted by Crippen LogP contribution is 2.37. The summed E-state index contributed by atoms with van der Waals surface area (Å²) in [4.78, 5) is 0. The van der Waals surface area contributed by atoms with E-state index in [0.29, 0.717) is 11.8 Å². The molecule has 1 saturated carbocycles. The second-order valence-corrected chi connectivity index (χ2v) is 3.74. The van der Waals surface area contributed by atoms with Gasteiger partial charge in [-0.2, -0.15) is 5.10 Å². The van der Waals surface area contributed by atoms with Crippen LogP contribution in [0.25, 0.3) is 0 Å². The van der Waals surface area contributed by atoms with Crippen molar-refractivity contribution in [1.29, 1.82) is 0 Å². The number of aryl methyl sites for hydroxylation is 1. The quantitative estimate of drug-likeness (QED) is 0.646. The Morgan fingerprint density at radius 2 is 2.42 bits per heavy atom. The highest BCUT2D eigenvalue weighted by Gasteiger charge is 2.24. The maximum Gasteiger partial charge on any atom is 0.0699 e. The number of halogens is 1. The van der Waals surface area contributed by atoms with Gasteiger partial charge in [-0.05, 0) is 12.8 Å². The molecular formula is C9H13ClN2.